The van der Waals surface area contributed by atoms with E-state index in [9.17, 15) is 4.79 Å². The van der Waals surface area contributed by atoms with Crippen LogP contribution in [0.3, 0.4) is 0 Å². The van der Waals surface area contributed by atoms with Crippen LogP contribution in [0.15, 0.2) is 36.7 Å². The van der Waals surface area contributed by atoms with E-state index in [2.05, 4.69) is 27.4 Å². The van der Waals surface area contributed by atoms with Gasteiger partial charge in [-0.15, -0.1) is 0 Å². The number of benzene rings is 1. The summed E-state index contributed by atoms with van der Waals surface area (Å²) < 4.78 is 0. The van der Waals surface area contributed by atoms with Crippen molar-refractivity contribution < 1.29 is 4.79 Å². The maximum atomic E-state index is 11.9. The van der Waals surface area contributed by atoms with Gasteiger partial charge in [-0.2, -0.15) is 0 Å². The number of H-pyrrole nitrogens is 1. The molecule has 2 N–H and O–H groups in total. The van der Waals surface area contributed by atoms with Crippen molar-refractivity contribution in [3.63, 3.8) is 0 Å². The summed E-state index contributed by atoms with van der Waals surface area (Å²) in [4.78, 5) is 19.1. The van der Waals surface area contributed by atoms with E-state index in [0.717, 1.165) is 17.8 Å². The number of hydrogen-bond donors (Lipinski definition) is 2. The summed E-state index contributed by atoms with van der Waals surface area (Å²) >= 11 is 0. The zero-order valence-corrected chi connectivity index (χ0v) is 10.9. The fraction of sp³-hybridized carbons (Fsp3) is 0.333. The van der Waals surface area contributed by atoms with E-state index in [1.807, 2.05) is 25.1 Å². The van der Waals surface area contributed by atoms with E-state index < -0.39 is 0 Å². The van der Waals surface area contributed by atoms with Gasteiger partial charge < -0.3 is 10.3 Å². The van der Waals surface area contributed by atoms with Crippen LogP contribution in [0.25, 0.3) is 0 Å². The number of aromatic nitrogens is 2. The normalized spacial score (nSPS) is 21.1. The highest BCUT2D eigenvalue weighted by molar-refractivity contribution is 5.79. The van der Waals surface area contributed by atoms with Crippen molar-refractivity contribution in [2.45, 2.75) is 31.7 Å². The first-order valence-electron chi connectivity index (χ1n) is 6.57. The Hall–Kier alpha value is -2.10. The van der Waals surface area contributed by atoms with Gasteiger partial charge in [0.25, 0.3) is 0 Å². The van der Waals surface area contributed by atoms with Crippen LogP contribution in [-0.4, -0.2) is 21.9 Å². The van der Waals surface area contributed by atoms with Crippen molar-refractivity contribution in [2.24, 2.45) is 0 Å². The molecule has 19 heavy (non-hydrogen) atoms. The lowest BCUT2D eigenvalue weighted by Gasteiger charge is -2.04. The minimum Gasteiger partial charge on any atom is -0.352 e. The number of amides is 1. The molecule has 1 fully saturated rings. The second kappa shape index (κ2) is 4.88. The molecule has 3 rings (SSSR count). The maximum absolute atomic E-state index is 11.9. The van der Waals surface area contributed by atoms with Crippen molar-refractivity contribution >= 4 is 5.91 Å². The lowest BCUT2D eigenvalue weighted by Crippen LogP contribution is -2.28. The molecule has 1 heterocycles. The molecule has 98 valence electrons. The monoisotopic (exact) mass is 255 g/mol. The molecular weight excluding hydrogens is 238 g/mol. The summed E-state index contributed by atoms with van der Waals surface area (Å²) in [5, 5.41) is 3.08. The first-order chi connectivity index (χ1) is 9.24. The largest absolute Gasteiger partial charge is 0.352 e. The van der Waals surface area contributed by atoms with Crippen molar-refractivity contribution in [3.8, 4) is 0 Å². The van der Waals surface area contributed by atoms with Crippen LogP contribution < -0.4 is 5.32 Å². The fourth-order valence-corrected chi connectivity index (χ4v) is 2.40. The smallest absolute Gasteiger partial charge is 0.226 e. The number of nitrogens with zero attached hydrogens (tertiary/aromatic N) is 1. The molecule has 2 atom stereocenters. The van der Waals surface area contributed by atoms with Gasteiger partial charge in [0.15, 0.2) is 0 Å². The number of aromatic amines is 1. The molecular formula is C15H17N3O. The van der Waals surface area contributed by atoms with Crippen LogP contribution in [0.5, 0.6) is 0 Å². The molecule has 4 nitrogen and oxygen atoms in total. The number of carbonyl (C=O) groups excluding carboxylic acids is 1. The third-order valence-corrected chi connectivity index (χ3v) is 3.63. The Kier molecular flexibility index (Phi) is 3.07. The second-order valence-electron chi connectivity index (χ2n) is 5.08. The molecule has 0 saturated heterocycles. The molecule has 2 aromatic rings. The van der Waals surface area contributed by atoms with Crippen LogP contribution in [-0.2, 0) is 11.2 Å². The van der Waals surface area contributed by atoms with Gasteiger partial charge in [0.05, 0.1) is 18.4 Å². The molecule has 1 aliphatic carbocycles. The fourth-order valence-electron chi connectivity index (χ4n) is 2.40. The first kappa shape index (κ1) is 12.0. The molecule has 1 saturated carbocycles. The number of hydrogen-bond acceptors (Lipinski definition) is 2. The highest BCUT2D eigenvalue weighted by Gasteiger charge is 2.39. The van der Waals surface area contributed by atoms with Gasteiger partial charge in [-0.3, -0.25) is 4.79 Å². The zero-order valence-electron chi connectivity index (χ0n) is 10.9. The molecule has 1 aliphatic rings. The van der Waals surface area contributed by atoms with Gasteiger partial charge in [-0.1, -0.05) is 30.3 Å². The average Bonchev–Trinajstić information content (AvgIpc) is 3.06. The SMILES string of the molecule is Cc1[nH]cnc1CC(=O)N[C@@H]1C[C@H]1c1ccccc1. The Morgan fingerprint density at radius 3 is 2.89 bits per heavy atom. The van der Waals surface area contributed by atoms with Crippen LogP contribution in [0.4, 0.5) is 0 Å². The zero-order chi connectivity index (χ0) is 13.2. The highest BCUT2D eigenvalue weighted by Crippen LogP contribution is 2.40. The Morgan fingerprint density at radius 2 is 2.21 bits per heavy atom. The van der Waals surface area contributed by atoms with Gasteiger partial charge in [0.2, 0.25) is 5.91 Å². The van der Waals surface area contributed by atoms with Gasteiger partial charge in [0, 0.05) is 17.7 Å². The van der Waals surface area contributed by atoms with Gasteiger partial charge in [-0.25, -0.2) is 4.98 Å². The Bertz CT molecular complexity index is 576. The van der Waals surface area contributed by atoms with E-state index in [0.29, 0.717) is 12.3 Å². The summed E-state index contributed by atoms with van der Waals surface area (Å²) in [5.41, 5.74) is 3.10. The molecule has 0 unspecified atom stereocenters. The minimum atomic E-state index is 0.0543. The molecule has 0 spiro atoms. The third-order valence-electron chi connectivity index (χ3n) is 3.63. The summed E-state index contributed by atoms with van der Waals surface area (Å²) in [6.45, 7) is 1.93. The predicted octanol–water partition coefficient (Wildman–Crippen LogP) is 1.93. The number of nitrogens with one attached hydrogen (secondary N) is 2. The van der Waals surface area contributed by atoms with Gasteiger partial charge >= 0.3 is 0 Å². The average molecular weight is 255 g/mol. The topological polar surface area (TPSA) is 57.8 Å². The van der Waals surface area contributed by atoms with E-state index >= 15 is 0 Å². The van der Waals surface area contributed by atoms with Crippen LogP contribution in [0.1, 0.15) is 29.3 Å². The van der Waals surface area contributed by atoms with Crippen LogP contribution >= 0.6 is 0 Å². The summed E-state index contributed by atoms with van der Waals surface area (Å²) in [5.74, 6) is 0.532. The highest BCUT2D eigenvalue weighted by atomic mass is 16.1. The minimum absolute atomic E-state index is 0.0543. The van der Waals surface area contributed by atoms with Crippen molar-refractivity contribution in [1.82, 2.24) is 15.3 Å². The van der Waals surface area contributed by atoms with Crippen molar-refractivity contribution in [1.29, 1.82) is 0 Å². The third kappa shape index (κ3) is 2.67. The molecule has 1 aromatic carbocycles. The molecule has 1 aromatic heterocycles. The second-order valence-corrected chi connectivity index (χ2v) is 5.08. The van der Waals surface area contributed by atoms with E-state index in [-0.39, 0.29) is 11.9 Å². The van der Waals surface area contributed by atoms with Gasteiger partial charge in [0.1, 0.15) is 0 Å². The standard InChI is InChI=1S/C15H17N3O/c1-10-13(17-9-16-10)8-15(19)18-14-7-12(14)11-5-3-2-4-6-11/h2-6,9,12,14H,7-8H2,1H3,(H,16,17)(H,18,19)/t12-,14+/m0/s1. The quantitative estimate of drug-likeness (QED) is 0.877. The summed E-state index contributed by atoms with van der Waals surface area (Å²) in [6, 6.07) is 10.6. The summed E-state index contributed by atoms with van der Waals surface area (Å²) in [6.07, 6.45) is 3.02. The lowest BCUT2D eigenvalue weighted by atomic mass is 10.1. The number of rotatable bonds is 4. The van der Waals surface area contributed by atoms with E-state index in [1.165, 1.54) is 5.56 Å². The predicted molar refractivity (Wildman–Crippen MR) is 72.8 cm³/mol. The van der Waals surface area contributed by atoms with Crippen LogP contribution in [0.2, 0.25) is 0 Å². The first-order valence-corrected chi connectivity index (χ1v) is 6.57. The van der Waals surface area contributed by atoms with Crippen LogP contribution in [0, 0.1) is 6.92 Å². The molecule has 0 bridgehead atoms. The number of imidazole rings is 1. The van der Waals surface area contributed by atoms with E-state index in [4.69, 9.17) is 0 Å². The van der Waals surface area contributed by atoms with Crippen molar-refractivity contribution in [3.05, 3.63) is 53.6 Å². The lowest BCUT2D eigenvalue weighted by molar-refractivity contribution is -0.120. The Morgan fingerprint density at radius 1 is 1.42 bits per heavy atom. The Balaban J connectivity index is 1.54. The van der Waals surface area contributed by atoms with Crippen molar-refractivity contribution in [2.75, 3.05) is 0 Å². The van der Waals surface area contributed by atoms with E-state index in [1.54, 1.807) is 6.33 Å². The maximum Gasteiger partial charge on any atom is 0.226 e. The Labute approximate surface area is 112 Å². The van der Waals surface area contributed by atoms with Gasteiger partial charge in [-0.05, 0) is 18.9 Å². The number of aryl methyl sites for hydroxylation is 1. The molecule has 0 aliphatic heterocycles. The number of carbonyl (C=O) groups is 1. The molecule has 4 heteroatoms. The molecule has 1 amide bonds. The summed E-state index contributed by atoms with van der Waals surface area (Å²) in [7, 11) is 0. The molecule has 0 radical (unpaired) electrons.